The maximum Gasteiger partial charge on any atom is 0.329 e. The Bertz CT molecular complexity index is 499. The van der Waals surface area contributed by atoms with Gasteiger partial charge < -0.3 is 4.90 Å². The van der Waals surface area contributed by atoms with Crippen LogP contribution in [0.2, 0.25) is 0 Å². The molecule has 19 heavy (non-hydrogen) atoms. The van der Waals surface area contributed by atoms with Gasteiger partial charge in [-0.15, -0.1) is 0 Å². The van der Waals surface area contributed by atoms with E-state index in [0.717, 1.165) is 6.20 Å². The molecule has 0 amide bonds. The van der Waals surface area contributed by atoms with Crippen molar-refractivity contribution in [3.05, 3.63) is 16.3 Å². The highest BCUT2D eigenvalue weighted by Gasteiger charge is 2.23. The van der Waals surface area contributed by atoms with Gasteiger partial charge in [0, 0.05) is 13.1 Å². The lowest BCUT2D eigenvalue weighted by atomic mass is 10.2. The van der Waals surface area contributed by atoms with Crippen LogP contribution >= 0.6 is 0 Å². The molecule has 0 spiro atoms. The Morgan fingerprint density at radius 3 is 2.89 bits per heavy atom. The minimum absolute atomic E-state index is 0.0867. The maximum atomic E-state index is 11.0. The van der Waals surface area contributed by atoms with Crippen LogP contribution in [0.1, 0.15) is 13.8 Å². The molecule has 0 saturated carbocycles. The number of hydrogen-bond acceptors (Lipinski definition) is 8. The lowest BCUT2D eigenvalue weighted by Gasteiger charge is -2.22. The third-order valence-electron chi connectivity index (χ3n) is 2.47. The minimum atomic E-state index is -0.560. The zero-order valence-electron chi connectivity index (χ0n) is 10.7. The van der Waals surface area contributed by atoms with E-state index in [0.29, 0.717) is 13.1 Å². The van der Waals surface area contributed by atoms with Crippen LogP contribution in [-0.2, 0) is 0 Å². The maximum absolute atomic E-state index is 11.0. The predicted molar refractivity (Wildman–Crippen MR) is 69.2 cm³/mol. The molecule has 0 aromatic carbocycles. The van der Waals surface area contributed by atoms with E-state index in [2.05, 4.69) is 21.5 Å². The summed E-state index contributed by atoms with van der Waals surface area (Å²) in [7, 11) is 0. The number of anilines is 2. The summed E-state index contributed by atoms with van der Waals surface area (Å²) in [4.78, 5) is 19.8. The number of rotatable bonds is 6. The van der Waals surface area contributed by atoms with Gasteiger partial charge in [-0.2, -0.15) is 10.2 Å². The standard InChI is InChI=1S/C10H15N7O2/c1-3-16(6-7(2)4-11)9-8(17(18)19)5-13-10(14-9)15-12/h5,7H,3,6,12H2,1-2H3,(H,13,14,15). The van der Waals surface area contributed by atoms with Gasteiger partial charge >= 0.3 is 5.69 Å². The van der Waals surface area contributed by atoms with Crippen molar-refractivity contribution in [2.75, 3.05) is 23.4 Å². The quantitative estimate of drug-likeness (QED) is 0.435. The first-order valence-corrected chi connectivity index (χ1v) is 5.66. The molecule has 0 fully saturated rings. The van der Waals surface area contributed by atoms with Crippen molar-refractivity contribution in [2.45, 2.75) is 13.8 Å². The molecule has 0 saturated heterocycles. The smallest absolute Gasteiger partial charge is 0.329 e. The molecule has 102 valence electrons. The number of nitrogens with one attached hydrogen (secondary N) is 1. The number of nitriles is 1. The largest absolute Gasteiger partial charge is 0.350 e. The minimum Gasteiger partial charge on any atom is -0.350 e. The molecule has 1 heterocycles. The van der Waals surface area contributed by atoms with Crippen LogP contribution in [0.3, 0.4) is 0 Å². The number of nitrogens with zero attached hydrogens (tertiary/aromatic N) is 5. The van der Waals surface area contributed by atoms with Gasteiger partial charge in [-0.1, -0.05) is 0 Å². The Balaban J connectivity index is 3.19. The first kappa shape index (κ1) is 14.6. The summed E-state index contributed by atoms with van der Waals surface area (Å²) >= 11 is 0. The molecule has 9 nitrogen and oxygen atoms in total. The fourth-order valence-corrected chi connectivity index (χ4v) is 1.53. The molecular weight excluding hydrogens is 250 g/mol. The van der Waals surface area contributed by atoms with Crippen molar-refractivity contribution in [3.63, 3.8) is 0 Å². The average Bonchev–Trinajstić information content (AvgIpc) is 2.43. The third-order valence-corrected chi connectivity index (χ3v) is 2.47. The highest BCUT2D eigenvalue weighted by Crippen LogP contribution is 2.26. The van der Waals surface area contributed by atoms with Crippen LogP contribution in [0.4, 0.5) is 17.5 Å². The topological polar surface area (TPSA) is 134 Å². The third kappa shape index (κ3) is 3.49. The molecule has 1 rings (SSSR count). The molecule has 1 unspecified atom stereocenters. The number of hydrazine groups is 1. The van der Waals surface area contributed by atoms with Crippen molar-refractivity contribution < 1.29 is 4.92 Å². The molecule has 1 atom stereocenters. The molecule has 3 N–H and O–H groups in total. The Kier molecular flexibility index (Phi) is 4.96. The van der Waals surface area contributed by atoms with Gasteiger partial charge in [0.25, 0.3) is 0 Å². The Morgan fingerprint density at radius 1 is 1.74 bits per heavy atom. The summed E-state index contributed by atoms with van der Waals surface area (Å²) in [5.74, 6) is 5.16. The zero-order chi connectivity index (χ0) is 14.4. The van der Waals surface area contributed by atoms with Crippen LogP contribution in [0.15, 0.2) is 6.20 Å². The molecular formula is C10H15N7O2. The molecule has 0 aliphatic carbocycles. The molecule has 1 aromatic heterocycles. The van der Waals surface area contributed by atoms with Crippen molar-refractivity contribution in [1.82, 2.24) is 9.97 Å². The van der Waals surface area contributed by atoms with E-state index in [1.54, 1.807) is 11.8 Å². The van der Waals surface area contributed by atoms with Crippen LogP contribution in [0.25, 0.3) is 0 Å². The number of nitrogens with two attached hydrogens (primary N) is 1. The Morgan fingerprint density at radius 2 is 2.42 bits per heavy atom. The van der Waals surface area contributed by atoms with Crippen molar-refractivity contribution in [2.24, 2.45) is 11.8 Å². The first-order chi connectivity index (χ1) is 9.03. The normalized spacial score (nSPS) is 11.5. The van der Waals surface area contributed by atoms with E-state index in [9.17, 15) is 10.1 Å². The van der Waals surface area contributed by atoms with Crippen molar-refractivity contribution in [3.8, 4) is 6.07 Å². The highest BCUT2D eigenvalue weighted by molar-refractivity contribution is 5.58. The molecule has 0 bridgehead atoms. The lowest BCUT2D eigenvalue weighted by molar-refractivity contribution is -0.384. The predicted octanol–water partition coefficient (Wildman–Crippen LogP) is 0.656. The number of nitro groups is 1. The fraction of sp³-hybridized carbons (Fsp3) is 0.500. The summed E-state index contributed by atoms with van der Waals surface area (Å²) in [6.45, 7) is 4.38. The molecule has 0 aliphatic rings. The van der Waals surface area contributed by atoms with Gasteiger partial charge in [0.15, 0.2) is 0 Å². The van der Waals surface area contributed by atoms with Gasteiger partial charge in [0.05, 0.1) is 16.9 Å². The van der Waals surface area contributed by atoms with Crippen molar-refractivity contribution >= 4 is 17.5 Å². The number of aromatic nitrogens is 2. The van der Waals surface area contributed by atoms with E-state index in [4.69, 9.17) is 11.1 Å². The average molecular weight is 265 g/mol. The molecule has 0 radical (unpaired) electrons. The van der Waals surface area contributed by atoms with E-state index < -0.39 is 4.92 Å². The van der Waals surface area contributed by atoms with Crippen molar-refractivity contribution in [1.29, 1.82) is 5.26 Å². The molecule has 0 aliphatic heterocycles. The summed E-state index contributed by atoms with van der Waals surface area (Å²) in [6.07, 6.45) is 1.09. The number of nitrogen functional groups attached to an aromatic ring is 1. The van der Waals surface area contributed by atoms with Crippen LogP contribution in [0, 0.1) is 27.4 Å². The fourth-order valence-electron chi connectivity index (χ4n) is 1.53. The SMILES string of the molecule is CCN(CC(C)C#N)c1nc(NN)ncc1[N+](=O)[O-]. The van der Waals surface area contributed by atoms with Crippen LogP contribution in [0.5, 0.6) is 0 Å². The van der Waals surface area contributed by atoms with Crippen LogP contribution in [-0.4, -0.2) is 28.0 Å². The molecule has 1 aromatic rings. The van der Waals surface area contributed by atoms with E-state index >= 15 is 0 Å². The van der Waals surface area contributed by atoms with Gasteiger partial charge in [-0.25, -0.2) is 10.8 Å². The summed E-state index contributed by atoms with van der Waals surface area (Å²) < 4.78 is 0. The van der Waals surface area contributed by atoms with Gasteiger partial charge in [0.1, 0.15) is 6.20 Å². The number of hydrogen-bond donors (Lipinski definition) is 2. The highest BCUT2D eigenvalue weighted by atomic mass is 16.6. The van der Waals surface area contributed by atoms with E-state index in [1.807, 2.05) is 6.92 Å². The summed E-state index contributed by atoms with van der Waals surface area (Å²) in [5.41, 5.74) is 2.03. The van der Waals surface area contributed by atoms with Crippen LogP contribution < -0.4 is 16.2 Å². The second kappa shape index (κ2) is 6.46. The van der Waals surface area contributed by atoms with E-state index in [-0.39, 0.29) is 23.4 Å². The van der Waals surface area contributed by atoms with E-state index in [1.165, 1.54) is 0 Å². The summed E-state index contributed by atoms with van der Waals surface area (Å²) in [5, 5.41) is 19.8. The lowest BCUT2D eigenvalue weighted by Crippen LogP contribution is -2.29. The van der Waals surface area contributed by atoms with Gasteiger partial charge in [0.2, 0.25) is 11.8 Å². The zero-order valence-corrected chi connectivity index (χ0v) is 10.7. The first-order valence-electron chi connectivity index (χ1n) is 5.66. The van der Waals surface area contributed by atoms with Gasteiger partial charge in [-0.05, 0) is 13.8 Å². The monoisotopic (exact) mass is 265 g/mol. The van der Waals surface area contributed by atoms with Gasteiger partial charge in [-0.3, -0.25) is 15.5 Å². The second-order valence-electron chi connectivity index (χ2n) is 3.87. The molecule has 9 heteroatoms. The summed E-state index contributed by atoms with van der Waals surface area (Å²) in [6, 6.07) is 2.08. The Labute approximate surface area is 110 Å². The second-order valence-corrected chi connectivity index (χ2v) is 3.87. The Hall–Kier alpha value is -2.47.